The summed E-state index contributed by atoms with van der Waals surface area (Å²) in [7, 11) is 0. The topological polar surface area (TPSA) is 21.3 Å². The van der Waals surface area contributed by atoms with Gasteiger partial charge in [0.1, 0.15) is 5.75 Å². The minimum Gasteiger partial charge on any atom is -0.494 e. The van der Waals surface area contributed by atoms with E-state index in [-0.39, 0.29) is 11.1 Å². The second-order valence-corrected chi connectivity index (χ2v) is 5.29. The van der Waals surface area contributed by atoms with Crippen molar-refractivity contribution in [2.75, 3.05) is 11.9 Å². The second-order valence-electron chi connectivity index (χ2n) is 4.88. The van der Waals surface area contributed by atoms with Crippen molar-refractivity contribution >= 4 is 17.3 Å². The average Bonchev–Trinajstić information content (AvgIpc) is 2.50. The summed E-state index contributed by atoms with van der Waals surface area (Å²) < 4.78 is 19.4. The molecule has 0 spiro atoms. The molecule has 0 amide bonds. The first-order valence-corrected chi connectivity index (χ1v) is 7.43. The van der Waals surface area contributed by atoms with Crippen molar-refractivity contribution < 1.29 is 9.13 Å². The minimum absolute atomic E-state index is 0.0295. The predicted molar refractivity (Wildman–Crippen MR) is 85.7 cm³/mol. The molecule has 0 aromatic heterocycles. The first-order valence-electron chi connectivity index (χ1n) is 7.05. The zero-order valence-electron chi connectivity index (χ0n) is 12.2. The molecule has 0 aliphatic carbocycles. The van der Waals surface area contributed by atoms with Crippen molar-refractivity contribution in [3.8, 4) is 5.75 Å². The molecule has 2 nitrogen and oxygen atoms in total. The lowest BCUT2D eigenvalue weighted by molar-refractivity contribution is 0.317. The van der Waals surface area contributed by atoms with Crippen molar-refractivity contribution in [3.05, 3.63) is 58.9 Å². The summed E-state index contributed by atoms with van der Waals surface area (Å²) in [5.41, 5.74) is 1.46. The summed E-state index contributed by atoms with van der Waals surface area (Å²) in [6.45, 7) is 4.75. The molecule has 1 unspecified atom stereocenters. The molecule has 2 aromatic carbocycles. The van der Waals surface area contributed by atoms with Crippen molar-refractivity contribution in [1.82, 2.24) is 0 Å². The molecular formula is C17H19ClFNO. The van der Waals surface area contributed by atoms with Gasteiger partial charge in [0.2, 0.25) is 0 Å². The van der Waals surface area contributed by atoms with Gasteiger partial charge in [0.15, 0.2) is 5.82 Å². The smallest absolute Gasteiger partial charge is 0.164 e. The number of anilines is 1. The van der Waals surface area contributed by atoms with Crippen LogP contribution in [0.3, 0.4) is 0 Å². The number of rotatable bonds is 6. The average molecular weight is 308 g/mol. The number of hydrogen-bond acceptors (Lipinski definition) is 2. The van der Waals surface area contributed by atoms with E-state index in [2.05, 4.69) is 12.2 Å². The van der Waals surface area contributed by atoms with Crippen LogP contribution in [0.1, 0.15) is 31.9 Å². The second kappa shape index (κ2) is 7.32. The van der Waals surface area contributed by atoms with Crippen LogP contribution in [0, 0.1) is 5.82 Å². The standard InChI is InChI=1S/C17H19ClFNO/c1-3-11-21-14-9-7-13(8-10-14)12(2)20-16-6-4-5-15(18)17(16)19/h4-10,12,20H,3,11H2,1-2H3. The molecule has 0 saturated heterocycles. The summed E-state index contributed by atoms with van der Waals surface area (Å²) in [5, 5.41) is 3.25. The van der Waals surface area contributed by atoms with Gasteiger partial charge >= 0.3 is 0 Å². The molecular weight excluding hydrogens is 289 g/mol. The maximum atomic E-state index is 13.9. The van der Waals surface area contributed by atoms with Crippen molar-refractivity contribution in [2.45, 2.75) is 26.3 Å². The summed E-state index contributed by atoms with van der Waals surface area (Å²) in [5.74, 6) is 0.427. The van der Waals surface area contributed by atoms with Crippen LogP contribution in [-0.2, 0) is 0 Å². The van der Waals surface area contributed by atoms with Crippen molar-refractivity contribution in [3.63, 3.8) is 0 Å². The van der Waals surface area contributed by atoms with E-state index >= 15 is 0 Å². The Labute approximate surface area is 129 Å². The molecule has 0 bridgehead atoms. The highest BCUT2D eigenvalue weighted by molar-refractivity contribution is 6.31. The van der Waals surface area contributed by atoms with Crippen LogP contribution in [0.15, 0.2) is 42.5 Å². The van der Waals surface area contributed by atoms with E-state index < -0.39 is 5.82 Å². The van der Waals surface area contributed by atoms with Crippen LogP contribution >= 0.6 is 11.6 Å². The van der Waals surface area contributed by atoms with Gasteiger partial charge in [-0.2, -0.15) is 0 Å². The van der Waals surface area contributed by atoms with Gasteiger partial charge in [-0.05, 0) is 43.2 Å². The number of nitrogens with one attached hydrogen (secondary N) is 1. The number of hydrogen-bond donors (Lipinski definition) is 1. The number of ether oxygens (including phenoxy) is 1. The Morgan fingerprint density at radius 1 is 1.19 bits per heavy atom. The Balaban J connectivity index is 2.06. The maximum Gasteiger partial charge on any atom is 0.164 e. The molecule has 112 valence electrons. The van der Waals surface area contributed by atoms with Gasteiger partial charge in [-0.15, -0.1) is 0 Å². The molecule has 0 heterocycles. The fraction of sp³-hybridized carbons (Fsp3) is 0.294. The minimum atomic E-state index is -0.422. The van der Waals surface area contributed by atoms with E-state index in [1.54, 1.807) is 12.1 Å². The van der Waals surface area contributed by atoms with E-state index in [0.29, 0.717) is 12.3 Å². The van der Waals surface area contributed by atoms with E-state index in [1.807, 2.05) is 31.2 Å². The first-order chi connectivity index (χ1) is 10.1. The van der Waals surface area contributed by atoms with Gasteiger partial charge < -0.3 is 10.1 Å². The molecule has 2 rings (SSSR count). The monoisotopic (exact) mass is 307 g/mol. The van der Waals surface area contributed by atoms with E-state index in [0.717, 1.165) is 17.7 Å². The SMILES string of the molecule is CCCOc1ccc(C(C)Nc2cccc(Cl)c2F)cc1. The van der Waals surface area contributed by atoms with Crippen molar-refractivity contribution in [1.29, 1.82) is 0 Å². The van der Waals surface area contributed by atoms with Crippen LogP contribution < -0.4 is 10.1 Å². The molecule has 0 aliphatic rings. The summed E-state index contributed by atoms with van der Waals surface area (Å²) in [4.78, 5) is 0. The van der Waals surface area contributed by atoms with Gasteiger partial charge in [-0.1, -0.05) is 36.7 Å². The van der Waals surface area contributed by atoms with E-state index in [9.17, 15) is 4.39 Å². The lowest BCUT2D eigenvalue weighted by Gasteiger charge is -2.17. The van der Waals surface area contributed by atoms with E-state index in [4.69, 9.17) is 16.3 Å². The first kappa shape index (κ1) is 15.6. The summed E-state index contributed by atoms with van der Waals surface area (Å²) >= 11 is 5.78. The zero-order valence-corrected chi connectivity index (χ0v) is 13.0. The molecule has 0 aliphatic heterocycles. The third kappa shape index (κ3) is 4.11. The van der Waals surface area contributed by atoms with Gasteiger partial charge in [0.05, 0.1) is 17.3 Å². The Morgan fingerprint density at radius 3 is 2.57 bits per heavy atom. The van der Waals surface area contributed by atoms with Gasteiger partial charge in [0, 0.05) is 6.04 Å². The maximum absolute atomic E-state index is 13.9. The Bertz CT molecular complexity index is 586. The Morgan fingerprint density at radius 2 is 1.90 bits per heavy atom. The highest BCUT2D eigenvalue weighted by atomic mass is 35.5. The molecule has 4 heteroatoms. The molecule has 1 N–H and O–H groups in total. The fourth-order valence-electron chi connectivity index (χ4n) is 2.00. The van der Waals surface area contributed by atoms with Crippen LogP contribution in [0.4, 0.5) is 10.1 Å². The zero-order chi connectivity index (χ0) is 15.2. The number of benzene rings is 2. The van der Waals surface area contributed by atoms with Crippen LogP contribution in [0.5, 0.6) is 5.75 Å². The van der Waals surface area contributed by atoms with Gasteiger partial charge in [-0.3, -0.25) is 0 Å². The molecule has 0 saturated carbocycles. The highest BCUT2D eigenvalue weighted by Crippen LogP contribution is 2.26. The molecule has 1 atom stereocenters. The van der Waals surface area contributed by atoms with Crippen LogP contribution in [0.25, 0.3) is 0 Å². The lowest BCUT2D eigenvalue weighted by Crippen LogP contribution is -2.08. The quantitative estimate of drug-likeness (QED) is 0.767. The fourth-order valence-corrected chi connectivity index (χ4v) is 2.18. The third-order valence-corrected chi connectivity index (χ3v) is 3.47. The lowest BCUT2D eigenvalue weighted by atomic mass is 10.1. The molecule has 2 aromatic rings. The highest BCUT2D eigenvalue weighted by Gasteiger charge is 2.10. The third-order valence-electron chi connectivity index (χ3n) is 3.18. The molecule has 0 radical (unpaired) electrons. The summed E-state index contributed by atoms with van der Waals surface area (Å²) in [6.07, 6.45) is 0.980. The van der Waals surface area contributed by atoms with E-state index in [1.165, 1.54) is 6.07 Å². The summed E-state index contributed by atoms with van der Waals surface area (Å²) in [6, 6.07) is 12.7. The number of halogens is 2. The van der Waals surface area contributed by atoms with Crippen LogP contribution in [-0.4, -0.2) is 6.61 Å². The Hall–Kier alpha value is -1.74. The largest absolute Gasteiger partial charge is 0.494 e. The van der Waals surface area contributed by atoms with Gasteiger partial charge in [0.25, 0.3) is 0 Å². The van der Waals surface area contributed by atoms with Crippen LogP contribution in [0.2, 0.25) is 5.02 Å². The molecule has 21 heavy (non-hydrogen) atoms. The predicted octanol–water partition coefficient (Wildman–Crippen LogP) is 5.44. The van der Waals surface area contributed by atoms with Crippen molar-refractivity contribution in [2.24, 2.45) is 0 Å². The van der Waals surface area contributed by atoms with Gasteiger partial charge in [-0.25, -0.2) is 4.39 Å². The normalized spacial score (nSPS) is 12.0. The molecule has 0 fully saturated rings. The Kier molecular flexibility index (Phi) is 5.45.